The van der Waals surface area contributed by atoms with Gasteiger partial charge in [0.15, 0.2) is 5.69 Å². The van der Waals surface area contributed by atoms with Crippen molar-refractivity contribution in [3.8, 4) is 0 Å². The molecule has 1 aromatic carbocycles. The first-order valence-corrected chi connectivity index (χ1v) is 7.76. The Bertz CT molecular complexity index is 1020. The number of hydrogen-bond donors (Lipinski definition) is 1. The largest absolute Gasteiger partial charge is 0.416 e. The standard InChI is InChI=1S/C16H12F3N5O4/c1-9-13(8-23-7-12(6-20-23)24(26)27)14(22-28-9)15(25)21-11-4-2-10(3-5-11)16(17,18)19/h2-7H,8H2,1H3,(H,21,25). The molecule has 3 rings (SSSR count). The molecule has 146 valence electrons. The molecule has 1 amide bonds. The summed E-state index contributed by atoms with van der Waals surface area (Å²) >= 11 is 0. The molecule has 0 aliphatic heterocycles. The van der Waals surface area contributed by atoms with Crippen molar-refractivity contribution in [2.24, 2.45) is 0 Å². The average Bonchev–Trinajstić information content (AvgIpc) is 3.23. The lowest BCUT2D eigenvalue weighted by atomic mass is 10.1. The number of amides is 1. The second-order valence-electron chi connectivity index (χ2n) is 5.75. The van der Waals surface area contributed by atoms with Gasteiger partial charge in [0.25, 0.3) is 5.91 Å². The van der Waals surface area contributed by atoms with Crippen molar-refractivity contribution in [2.75, 3.05) is 5.32 Å². The summed E-state index contributed by atoms with van der Waals surface area (Å²) in [6, 6.07) is 3.91. The fourth-order valence-corrected chi connectivity index (χ4v) is 2.38. The van der Waals surface area contributed by atoms with Crippen molar-refractivity contribution < 1.29 is 27.4 Å². The normalized spacial score (nSPS) is 11.4. The number of carbonyl (C=O) groups excluding carboxylic acids is 1. The number of benzene rings is 1. The molecule has 9 nitrogen and oxygen atoms in total. The number of halogens is 3. The van der Waals surface area contributed by atoms with Gasteiger partial charge in [0, 0.05) is 11.3 Å². The molecule has 0 saturated carbocycles. The Morgan fingerprint density at radius 3 is 2.57 bits per heavy atom. The molecule has 1 N–H and O–H groups in total. The van der Waals surface area contributed by atoms with E-state index in [1.54, 1.807) is 6.92 Å². The number of nitro groups is 1. The molecule has 12 heteroatoms. The number of nitrogens with one attached hydrogen (secondary N) is 1. The zero-order valence-electron chi connectivity index (χ0n) is 14.2. The van der Waals surface area contributed by atoms with Gasteiger partial charge in [-0.05, 0) is 31.2 Å². The summed E-state index contributed by atoms with van der Waals surface area (Å²) in [5.41, 5.74) is -0.689. The van der Waals surface area contributed by atoms with Gasteiger partial charge in [-0.1, -0.05) is 5.16 Å². The smallest absolute Gasteiger partial charge is 0.361 e. The van der Waals surface area contributed by atoms with Crippen LogP contribution in [0, 0.1) is 17.0 Å². The van der Waals surface area contributed by atoms with Crippen molar-refractivity contribution in [2.45, 2.75) is 19.6 Å². The number of nitrogens with zero attached hydrogens (tertiary/aromatic N) is 4. The molecule has 0 atom stereocenters. The topological polar surface area (TPSA) is 116 Å². The summed E-state index contributed by atoms with van der Waals surface area (Å²) in [4.78, 5) is 22.6. The van der Waals surface area contributed by atoms with Gasteiger partial charge in [0.2, 0.25) is 0 Å². The van der Waals surface area contributed by atoms with E-state index in [0.717, 1.165) is 30.5 Å². The van der Waals surface area contributed by atoms with E-state index in [1.165, 1.54) is 10.9 Å². The molecule has 2 heterocycles. The average molecular weight is 395 g/mol. The summed E-state index contributed by atoms with van der Waals surface area (Å²) < 4.78 is 44.1. The summed E-state index contributed by atoms with van der Waals surface area (Å²) in [7, 11) is 0. The SMILES string of the molecule is Cc1onc(C(=O)Nc2ccc(C(F)(F)F)cc2)c1Cn1cc([N+](=O)[O-])cn1. The van der Waals surface area contributed by atoms with Crippen molar-refractivity contribution in [3.05, 3.63) is 69.4 Å². The highest BCUT2D eigenvalue weighted by Gasteiger charge is 2.30. The molecular weight excluding hydrogens is 383 g/mol. The second-order valence-corrected chi connectivity index (χ2v) is 5.75. The number of aromatic nitrogens is 3. The molecule has 3 aromatic rings. The molecule has 0 fully saturated rings. The fourth-order valence-electron chi connectivity index (χ4n) is 2.38. The van der Waals surface area contributed by atoms with Gasteiger partial charge < -0.3 is 9.84 Å². The van der Waals surface area contributed by atoms with Gasteiger partial charge >= 0.3 is 11.9 Å². The first-order valence-electron chi connectivity index (χ1n) is 7.76. The maximum Gasteiger partial charge on any atom is 0.416 e. The molecule has 0 bridgehead atoms. The van der Waals surface area contributed by atoms with Gasteiger partial charge in [-0.3, -0.25) is 19.6 Å². The maximum atomic E-state index is 12.6. The second kappa shape index (κ2) is 7.13. The minimum Gasteiger partial charge on any atom is -0.361 e. The van der Waals surface area contributed by atoms with E-state index in [1.807, 2.05) is 0 Å². The molecule has 0 aliphatic rings. The minimum atomic E-state index is -4.48. The third kappa shape index (κ3) is 4.00. The number of hydrogen-bond acceptors (Lipinski definition) is 6. The molecule has 0 radical (unpaired) electrons. The predicted molar refractivity (Wildman–Crippen MR) is 88.6 cm³/mol. The quantitative estimate of drug-likeness (QED) is 0.523. The van der Waals surface area contributed by atoms with E-state index >= 15 is 0 Å². The van der Waals surface area contributed by atoms with E-state index in [0.29, 0.717) is 11.3 Å². The molecule has 0 spiro atoms. The Morgan fingerprint density at radius 1 is 1.32 bits per heavy atom. The summed E-state index contributed by atoms with van der Waals surface area (Å²) in [5, 5.41) is 20.7. The van der Waals surface area contributed by atoms with Crippen LogP contribution >= 0.6 is 0 Å². The van der Waals surface area contributed by atoms with Gasteiger partial charge in [-0.2, -0.15) is 18.3 Å². The third-order valence-corrected chi connectivity index (χ3v) is 3.82. The predicted octanol–water partition coefficient (Wildman–Crippen LogP) is 3.41. The van der Waals surface area contributed by atoms with E-state index < -0.39 is 22.6 Å². The molecule has 0 unspecified atom stereocenters. The van der Waals surface area contributed by atoms with Crippen LogP contribution in [0.25, 0.3) is 0 Å². The van der Waals surface area contributed by atoms with Crippen molar-refractivity contribution in [3.63, 3.8) is 0 Å². The first-order chi connectivity index (χ1) is 13.1. The molecule has 0 aliphatic carbocycles. The Morgan fingerprint density at radius 2 is 2.00 bits per heavy atom. The van der Waals surface area contributed by atoms with Crippen molar-refractivity contribution in [1.82, 2.24) is 14.9 Å². The van der Waals surface area contributed by atoms with Crippen LogP contribution in [0.15, 0.2) is 41.2 Å². The van der Waals surface area contributed by atoms with E-state index in [2.05, 4.69) is 15.6 Å². The molecule has 28 heavy (non-hydrogen) atoms. The Hall–Kier alpha value is -3.70. The van der Waals surface area contributed by atoms with Crippen LogP contribution < -0.4 is 5.32 Å². The summed E-state index contributed by atoms with van der Waals surface area (Å²) in [6.07, 6.45) is -2.24. The van der Waals surface area contributed by atoms with Crippen LogP contribution in [0.5, 0.6) is 0 Å². The van der Waals surface area contributed by atoms with Crippen LogP contribution in [-0.2, 0) is 12.7 Å². The van der Waals surface area contributed by atoms with Crippen LogP contribution in [0.2, 0.25) is 0 Å². The lowest BCUT2D eigenvalue weighted by molar-refractivity contribution is -0.385. The number of aryl methyl sites for hydroxylation is 1. The van der Waals surface area contributed by atoms with Crippen molar-refractivity contribution in [1.29, 1.82) is 0 Å². The summed E-state index contributed by atoms with van der Waals surface area (Å²) in [5.74, 6) is -0.399. The van der Waals surface area contributed by atoms with Gasteiger partial charge in [-0.25, -0.2) is 0 Å². The Kier molecular flexibility index (Phi) is 4.86. The molecule has 0 saturated heterocycles. The highest BCUT2D eigenvalue weighted by Crippen LogP contribution is 2.30. The van der Waals surface area contributed by atoms with Crippen LogP contribution in [0.4, 0.5) is 24.5 Å². The van der Waals surface area contributed by atoms with E-state index in [-0.39, 0.29) is 23.6 Å². The maximum absolute atomic E-state index is 12.6. The number of alkyl halides is 3. The number of anilines is 1. The Labute approximate surface area is 154 Å². The number of carbonyl (C=O) groups is 1. The number of rotatable bonds is 5. The van der Waals surface area contributed by atoms with E-state index in [4.69, 9.17) is 4.52 Å². The minimum absolute atomic E-state index is 0.0149. The molecular formula is C16H12F3N5O4. The van der Waals surface area contributed by atoms with Gasteiger partial charge in [-0.15, -0.1) is 0 Å². The van der Waals surface area contributed by atoms with Crippen LogP contribution in [-0.4, -0.2) is 25.8 Å². The third-order valence-electron chi connectivity index (χ3n) is 3.82. The molecule has 2 aromatic heterocycles. The first kappa shape index (κ1) is 19.1. The lowest BCUT2D eigenvalue weighted by Gasteiger charge is -2.08. The van der Waals surface area contributed by atoms with Gasteiger partial charge in [0.1, 0.15) is 18.2 Å². The summed E-state index contributed by atoms with van der Waals surface area (Å²) in [6.45, 7) is 1.54. The monoisotopic (exact) mass is 395 g/mol. The lowest BCUT2D eigenvalue weighted by Crippen LogP contribution is -2.16. The van der Waals surface area contributed by atoms with E-state index in [9.17, 15) is 28.1 Å². The highest BCUT2D eigenvalue weighted by molar-refractivity contribution is 6.03. The van der Waals surface area contributed by atoms with Crippen LogP contribution in [0.3, 0.4) is 0 Å². The zero-order valence-corrected chi connectivity index (χ0v) is 14.2. The Balaban J connectivity index is 1.78. The fraction of sp³-hybridized carbons (Fsp3) is 0.188. The van der Waals surface area contributed by atoms with Gasteiger partial charge in [0.05, 0.1) is 17.0 Å². The zero-order chi connectivity index (χ0) is 20.5. The van der Waals surface area contributed by atoms with Crippen LogP contribution in [0.1, 0.15) is 27.4 Å². The van der Waals surface area contributed by atoms with Crippen molar-refractivity contribution >= 4 is 17.3 Å². The highest BCUT2D eigenvalue weighted by atomic mass is 19.4.